The van der Waals surface area contributed by atoms with Crippen LogP contribution in [0.3, 0.4) is 0 Å². The van der Waals surface area contributed by atoms with Gasteiger partial charge in [0, 0.05) is 6.04 Å². The van der Waals surface area contributed by atoms with Crippen LogP contribution >= 0.6 is 11.8 Å². The van der Waals surface area contributed by atoms with Gasteiger partial charge < -0.3 is 5.73 Å². The number of hydrogen-bond donors (Lipinski definition) is 2. The van der Waals surface area contributed by atoms with Crippen molar-refractivity contribution in [2.45, 2.75) is 30.2 Å². The van der Waals surface area contributed by atoms with Gasteiger partial charge in [-0.3, -0.25) is 4.57 Å². The maximum Gasteiger partial charge on any atom is 0.344 e. The average molecular weight is 252 g/mol. The van der Waals surface area contributed by atoms with E-state index >= 15 is 0 Å². The van der Waals surface area contributed by atoms with Crippen LogP contribution in [0.15, 0.2) is 27.5 Å². The van der Waals surface area contributed by atoms with Crippen molar-refractivity contribution in [3.05, 3.63) is 22.9 Å². The molecular weight excluding hydrogens is 240 g/mol. The zero-order valence-electron chi connectivity index (χ0n) is 9.41. The summed E-state index contributed by atoms with van der Waals surface area (Å²) in [5.41, 5.74) is 5.75. The van der Waals surface area contributed by atoms with E-state index in [-0.39, 0.29) is 11.7 Å². The number of aromatic amines is 1. The Labute approximate surface area is 101 Å². The molecule has 0 aliphatic carbocycles. The highest BCUT2D eigenvalue weighted by atomic mass is 32.2. The summed E-state index contributed by atoms with van der Waals surface area (Å²) in [6.45, 7) is 3.82. The van der Waals surface area contributed by atoms with Crippen LogP contribution in [0.5, 0.6) is 0 Å². The van der Waals surface area contributed by atoms with Crippen LogP contribution in [0, 0.1) is 0 Å². The number of aromatic nitrogens is 5. The van der Waals surface area contributed by atoms with E-state index in [2.05, 4.69) is 20.2 Å². The minimum absolute atomic E-state index is 0.0255. The van der Waals surface area contributed by atoms with Gasteiger partial charge in [-0.15, -0.1) is 5.10 Å². The molecule has 0 atom stereocenters. The molecule has 2 aromatic rings. The Balaban J connectivity index is 2.30. The molecule has 0 aromatic carbocycles. The molecule has 0 saturated carbocycles. The predicted octanol–water partition coefficient (Wildman–Crippen LogP) is 0.676. The van der Waals surface area contributed by atoms with E-state index in [0.29, 0.717) is 16.0 Å². The van der Waals surface area contributed by atoms with Crippen molar-refractivity contribution in [2.75, 3.05) is 5.73 Å². The van der Waals surface area contributed by atoms with Crippen LogP contribution in [0.25, 0.3) is 0 Å². The summed E-state index contributed by atoms with van der Waals surface area (Å²) < 4.78 is 1.55. The number of rotatable bonds is 3. The lowest BCUT2D eigenvalue weighted by atomic mass is 10.4. The van der Waals surface area contributed by atoms with Crippen molar-refractivity contribution >= 4 is 17.4 Å². The van der Waals surface area contributed by atoms with Gasteiger partial charge >= 0.3 is 5.69 Å². The molecule has 7 nitrogen and oxygen atoms in total. The van der Waals surface area contributed by atoms with Crippen molar-refractivity contribution in [2.24, 2.45) is 0 Å². The van der Waals surface area contributed by atoms with Gasteiger partial charge in [-0.2, -0.15) is 0 Å². The Morgan fingerprint density at radius 2 is 2.06 bits per heavy atom. The number of nitrogen functional groups attached to an aromatic ring is 1. The molecule has 0 fully saturated rings. The first-order chi connectivity index (χ1) is 8.08. The van der Waals surface area contributed by atoms with E-state index in [1.165, 1.54) is 24.2 Å². The van der Waals surface area contributed by atoms with E-state index in [0.717, 1.165) is 0 Å². The SMILES string of the molecule is CC(C)n1c(Sc2ncc(N)cn2)n[nH]c1=O. The number of hydrogen-bond acceptors (Lipinski definition) is 6. The summed E-state index contributed by atoms with van der Waals surface area (Å²) in [5, 5.41) is 7.38. The summed E-state index contributed by atoms with van der Waals surface area (Å²) in [7, 11) is 0. The molecule has 0 spiro atoms. The van der Waals surface area contributed by atoms with Gasteiger partial charge in [0.1, 0.15) is 0 Å². The first-order valence-electron chi connectivity index (χ1n) is 5.00. The second-order valence-electron chi connectivity index (χ2n) is 3.68. The summed E-state index contributed by atoms with van der Waals surface area (Å²) in [6.07, 6.45) is 3.03. The second kappa shape index (κ2) is 4.58. The van der Waals surface area contributed by atoms with Crippen LogP contribution in [-0.4, -0.2) is 24.7 Å². The highest BCUT2D eigenvalue weighted by molar-refractivity contribution is 7.99. The number of nitrogens with zero attached hydrogens (tertiary/aromatic N) is 4. The quantitative estimate of drug-likeness (QED) is 0.778. The Bertz CT molecular complexity index is 558. The van der Waals surface area contributed by atoms with Crippen LogP contribution in [0.4, 0.5) is 5.69 Å². The second-order valence-corrected chi connectivity index (χ2v) is 4.61. The molecule has 3 N–H and O–H groups in total. The Morgan fingerprint density at radius 1 is 1.41 bits per heavy atom. The van der Waals surface area contributed by atoms with E-state index in [1.807, 2.05) is 13.8 Å². The van der Waals surface area contributed by atoms with Gasteiger partial charge in [0.2, 0.25) is 0 Å². The average Bonchev–Trinajstić information content (AvgIpc) is 2.63. The number of anilines is 1. The molecule has 8 heteroatoms. The standard InChI is InChI=1S/C9H12N6OS/c1-5(2)15-8(16)13-14-9(15)17-7-11-3-6(10)4-12-7/h3-5H,10H2,1-2H3,(H,13,16). The van der Waals surface area contributed by atoms with Gasteiger partial charge in [0.25, 0.3) is 0 Å². The van der Waals surface area contributed by atoms with Gasteiger partial charge in [0.15, 0.2) is 10.3 Å². The Hall–Kier alpha value is -1.83. The molecule has 90 valence electrons. The Morgan fingerprint density at radius 3 is 2.65 bits per heavy atom. The molecule has 0 unspecified atom stereocenters. The molecule has 2 heterocycles. The summed E-state index contributed by atoms with van der Waals surface area (Å²) in [4.78, 5) is 19.6. The highest BCUT2D eigenvalue weighted by Gasteiger charge is 2.13. The van der Waals surface area contributed by atoms with Gasteiger partial charge in [0.05, 0.1) is 18.1 Å². The maximum absolute atomic E-state index is 11.5. The monoisotopic (exact) mass is 252 g/mol. The van der Waals surface area contributed by atoms with E-state index in [9.17, 15) is 4.79 Å². The zero-order valence-corrected chi connectivity index (χ0v) is 10.2. The molecule has 0 aliphatic rings. The fourth-order valence-corrected chi connectivity index (χ4v) is 2.14. The van der Waals surface area contributed by atoms with Crippen molar-refractivity contribution in [1.82, 2.24) is 24.7 Å². The van der Waals surface area contributed by atoms with Crippen molar-refractivity contribution in [1.29, 1.82) is 0 Å². The third-order valence-electron chi connectivity index (χ3n) is 2.02. The zero-order chi connectivity index (χ0) is 12.4. The lowest BCUT2D eigenvalue weighted by Gasteiger charge is -2.07. The lowest BCUT2D eigenvalue weighted by Crippen LogP contribution is -2.19. The largest absolute Gasteiger partial charge is 0.396 e. The normalized spacial score (nSPS) is 11.0. The molecule has 2 aromatic heterocycles. The predicted molar refractivity (Wildman–Crippen MR) is 63.8 cm³/mol. The number of nitrogens with two attached hydrogens (primary N) is 1. The highest BCUT2D eigenvalue weighted by Crippen LogP contribution is 2.22. The van der Waals surface area contributed by atoms with Crippen LogP contribution in [0.1, 0.15) is 19.9 Å². The molecule has 0 bridgehead atoms. The van der Waals surface area contributed by atoms with Gasteiger partial charge in [-0.25, -0.2) is 19.9 Å². The first-order valence-corrected chi connectivity index (χ1v) is 5.82. The van der Waals surface area contributed by atoms with E-state index < -0.39 is 0 Å². The molecule has 17 heavy (non-hydrogen) atoms. The minimum Gasteiger partial charge on any atom is -0.396 e. The maximum atomic E-state index is 11.5. The third-order valence-corrected chi connectivity index (χ3v) is 2.88. The summed E-state index contributed by atoms with van der Waals surface area (Å²) in [6, 6.07) is 0.0255. The molecule has 0 saturated heterocycles. The summed E-state index contributed by atoms with van der Waals surface area (Å²) >= 11 is 1.21. The summed E-state index contributed by atoms with van der Waals surface area (Å²) in [5.74, 6) is 0. The van der Waals surface area contributed by atoms with E-state index in [4.69, 9.17) is 5.73 Å². The fraction of sp³-hybridized carbons (Fsp3) is 0.333. The third kappa shape index (κ3) is 2.47. The van der Waals surface area contributed by atoms with Crippen LogP contribution in [0.2, 0.25) is 0 Å². The van der Waals surface area contributed by atoms with Crippen LogP contribution < -0.4 is 11.4 Å². The van der Waals surface area contributed by atoms with Crippen molar-refractivity contribution < 1.29 is 0 Å². The van der Waals surface area contributed by atoms with Gasteiger partial charge in [-0.05, 0) is 25.6 Å². The van der Waals surface area contributed by atoms with Crippen molar-refractivity contribution in [3.63, 3.8) is 0 Å². The first kappa shape index (κ1) is 11.6. The lowest BCUT2D eigenvalue weighted by molar-refractivity contribution is 0.533. The molecule has 2 rings (SSSR count). The molecule has 0 radical (unpaired) electrons. The van der Waals surface area contributed by atoms with Crippen molar-refractivity contribution in [3.8, 4) is 0 Å². The smallest absolute Gasteiger partial charge is 0.344 e. The van der Waals surface area contributed by atoms with Gasteiger partial charge in [-0.1, -0.05) is 0 Å². The Kier molecular flexibility index (Phi) is 3.14. The molecular formula is C9H12N6OS. The minimum atomic E-state index is -0.238. The molecule has 0 aliphatic heterocycles. The topological polar surface area (TPSA) is 102 Å². The number of H-pyrrole nitrogens is 1. The molecule has 0 amide bonds. The fourth-order valence-electron chi connectivity index (χ4n) is 1.28. The number of nitrogens with one attached hydrogen (secondary N) is 1. The van der Waals surface area contributed by atoms with E-state index in [1.54, 1.807) is 4.57 Å². The van der Waals surface area contributed by atoms with Crippen LogP contribution in [-0.2, 0) is 0 Å².